The van der Waals surface area contributed by atoms with E-state index in [1.807, 2.05) is 6.92 Å². The zero-order valence-electron chi connectivity index (χ0n) is 11.1. The van der Waals surface area contributed by atoms with Crippen molar-refractivity contribution in [2.75, 3.05) is 0 Å². The molecule has 0 bridgehead atoms. The van der Waals surface area contributed by atoms with Gasteiger partial charge >= 0.3 is 5.97 Å². The molecule has 0 saturated heterocycles. The highest BCUT2D eigenvalue weighted by Gasteiger charge is 2.13. The van der Waals surface area contributed by atoms with Gasteiger partial charge in [0.2, 0.25) is 5.88 Å². The van der Waals surface area contributed by atoms with Crippen LogP contribution in [0, 0.1) is 6.92 Å². The van der Waals surface area contributed by atoms with Crippen LogP contribution in [0.15, 0.2) is 24.3 Å². The maximum atomic E-state index is 11.2. The summed E-state index contributed by atoms with van der Waals surface area (Å²) < 4.78 is 5.56. The first-order valence-corrected chi connectivity index (χ1v) is 6.42. The van der Waals surface area contributed by atoms with Crippen LogP contribution in [0.1, 0.15) is 28.8 Å². The van der Waals surface area contributed by atoms with Gasteiger partial charge in [0.05, 0.1) is 0 Å². The van der Waals surface area contributed by atoms with Gasteiger partial charge in [-0.05, 0) is 25.5 Å². The van der Waals surface area contributed by atoms with Gasteiger partial charge in [0.15, 0.2) is 0 Å². The van der Waals surface area contributed by atoms with Gasteiger partial charge in [-0.2, -0.15) is 4.98 Å². The number of carbonyl (C=O) groups is 1. The third-order valence-corrected chi connectivity index (χ3v) is 2.85. The Morgan fingerprint density at radius 3 is 2.75 bits per heavy atom. The first-order valence-electron chi connectivity index (χ1n) is 6.05. The highest BCUT2D eigenvalue weighted by molar-refractivity contribution is 6.30. The average Bonchev–Trinajstić information content (AvgIpc) is 2.37. The quantitative estimate of drug-likeness (QED) is 0.934. The molecule has 0 spiro atoms. The smallest absolute Gasteiger partial charge is 0.339 e. The molecule has 5 nitrogen and oxygen atoms in total. The van der Waals surface area contributed by atoms with Crippen LogP contribution in [0.25, 0.3) is 0 Å². The van der Waals surface area contributed by atoms with E-state index >= 15 is 0 Å². The lowest BCUT2D eigenvalue weighted by Crippen LogP contribution is -2.02. The van der Waals surface area contributed by atoms with Gasteiger partial charge in [-0.1, -0.05) is 18.5 Å². The molecule has 0 aliphatic heterocycles. The van der Waals surface area contributed by atoms with E-state index in [1.54, 1.807) is 13.0 Å². The molecule has 1 N–H and O–H groups in total. The Morgan fingerprint density at radius 2 is 2.10 bits per heavy atom. The van der Waals surface area contributed by atoms with Crippen LogP contribution in [-0.4, -0.2) is 21.0 Å². The predicted molar refractivity (Wildman–Crippen MR) is 74.6 cm³/mol. The van der Waals surface area contributed by atoms with E-state index in [0.29, 0.717) is 16.7 Å². The zero-order valence-corrected chi connectivity index (χ0v) is 11.8. The summed E-state index contributed by atoms with van der Waals surface area (Å²) in [6.07, 6.45) is 0.737. The molecule has 1 aromatic carbocycles. The molecule has 2 aromatic rings. The summed E-state index contributed by atoms with van der Waals surface area (Å²) in [5.41, 5.74) is 0.857. The molecule has 20 heavy (non-hydrogen) atoms. The molecular weight excluding hydrogens is 280 g/mol. The summed E-state index contributed by atoms with van der Waals surface area (Å²) in [7, 11) is 0. The highest BCUT2D eigenvalue weighted by atomic mass is 35.5. The van der Waals surface area contributed by atoms with E-state index in [-0.39, 0.29) is 11.3 Å². The molecule has 6 heteroatoms. The molecule has 0 aliphatic carbocycles. The summed E-state index contributed by atoms with van der Waals surface area (Å²) in [6, 6.07) is 6.03. The van der Waals surface area contributed by atoms with Crippen molar-refractivity contribution in [2.24, 2.45) is 0 Å². The van der Waals surface area contributed by atoms with Crippen molar-refractivity contribution >= 4 is 17.6 Å². The maximum Gasteiger partial charge on any atom is 0.339 e. The van der Waals surface area contributed by atoms with Gasteiger partial charge in [0.1, 0.15) is 17.1 Å². The monoisotopic (exact) mass is 292 g/mol. The van der Waals surface area contributed by atoms with Crippen LogP contribution in [0.2, 0.25) is 5.02 Å². The summed E-state index contributed by atoms with van der Waals surface area (Å²) in [5.74, 6) is -0.0549. The SMILES string of the molecule is CCc1cc(Oc2cc(Cl)ccc2C(=O)O)nc(C)n1. The Balaban J connectivity index is 2.41. The molecule has 1 heterocycles. The standard InChI is InChI=1S/C14H13ClN2O3/c1-3-10-7-13(17-8(2)16-10)20-12-6-9(15)4-5-11(12)14(18)19/h4-7H,3H2,1-2H3,(H,18,19). The van der Waals surface area contributed by atoms with Crippen LogP contribution < -0.4 is 4.74 Å². The number of benzene rings is 1. The lowest BCUT2D eigenvalue weighted by Gasteiger charge is -2.09. The largest absolute Gasteiger partial charge is 0.478 e. The van der Waals surface area contributed by atoms with Gasteiger partial charge in [-0.25, -0.2) is 9.78 Å². The fourth-order valence-corrected chi connectivity index (χ4v) is 1.86. The van der Waals surface area contributed by atoms with E-state index in [4.69, 9.17) is 21.4 Å². The summed E-state index contributed by atoms with van der Waals surface area (Å²) in [5, 5.41) is 9.53. The van der Waals surface area contributed by atoms with E-state index in [0.717, 1.165) is 12.1 Å². The second-order valence-electron chi connectivity index (χ2n) is 4.15. The molecule has 0 radical (unpaired) electrons. The van der Waals surface area contributed by atoms with Crippen LogP contribution in [0.3, 0.4) is 0 Å². The van der Waals surface area contributed by atoms with Crippen LogP contribution in [0.5, 0.6) is 11.6 Å². The second-order valence-corrected chi connectivity index (χ2v) is 4.58. The van der Waals surface area contributed by atoms with Crippen molar-refractivity contribution in [2.45, 2.75) is 20.3 Å². The first kappa shape index (κ1) is 14.3. The fourth-order valence-electron chi connectivity index (χ4n) is 1.70. The van der Waals surface area contributed by atoms with Gasteiger partial charge in [0.25, 0.3) is 0 Å². The molecule has 2 rings (SSSR count). The van der Waals surface area contributed by atoms with Gasteiger partial charge < -0.3 is 9.84 Å². The lowest BCUT2D eigenvalue weighted by atomic mass is 10.2. The molecule has 0 saturated carbocycles. The number of rotatable bonds is 4. The number of halogens is 1. The number of aromatic carboxylic acids is 1. The van der Waals surface area contributed by atoms with Gasteiger partial charge in [0, 0.05) is 22.8 Å². The summed E-state index contributed by atoms with van der Waals surface area (Å²) >= 11 is 5.87. The number of aromatic nitrogens is 2. The first-order chi connectivity index (χ1) is 9.49. The maximum absolute atomic E-state index is 11.2. The Bertz CT molecular complexity index is 659. The van der Waals surface area contributed by atoms with Crippen LogP contribution in [0.4, 0.5) is 0 Å². The molecule has 0 atom stereocenters. The summed E-state index contributed by atoms with van der Waals surface area (Å²) in [4.78, 5) is 19.5. The highest BCUT2D eigenvalue weighted by Crippen LogP contribution is 2.28. The molecular formula is C14H13ClN2O3. The molecule has 1 aromatic heterocycles. The second kappa shape index (κ2) is 5.88. The third-order valence-electron chi connectivity index (χ3n) is 2.62. The Hall–Kier alpha value is -2.14. The molecule has 104 valence electrons. The van der Waals surface area contributed by atoms with E-state index in [1.165, 1.54) is 18.2 Å². The minimum atomic E-state index is -1.09. The normalized spacial score (nSPS) is 10.3. The van der Waals surface area contributed by atoms with Crippen molar-refractivity contribution < 1.29 is 14.6 Å². The van der Waals surface area contributed by atoms with Crippen molar-refractivity contribution in [3.8, 4) is 11.6 Å². The average molecular weight is 293 g/mol. The lowest BCUT2D eigenvalue weighted by molar-refractivity contribution is 0.0694. The topological polar surface area (TPSA) is 72.3 Å². The van der Waals surface area contributed by atoms with Crippen LogP contribution >= 0.6 is 11.6 Å². The molecule has 0 fully saturated rings. The van der Waals surface area contributed by atoms with Crippen molar-refractivity contribution in [1.82, 2.24) is 9.97 Å². The van der Waals surface area contributed by atoms with Crippen LogP contribution in [-0.2, 0) is 6.42 Å². The Morgan fingerprint density at radius 1 is 1.35 bits per heavy atom. The molecule has 0 aliphatic rings. The fraction of sp³-hybridized carbons (Fsp3) is 0.214. The van der Waals surface area contributed by atoms with E-state index in [2.05, 4.69) is 9.97 Å². The van der Waals surface area contributed by atoms with E-state index < -0.39 is 5.97 Å². The molecule has 0 unspecified atom stereocenters. The third kappa shape index (κ3) is 3.24. The summed E-state index contributed by atoms with van der Waals surface area (Å²) in [6.45, 7) is 3.72. The molecule has 0 amide bonds. The Labute approximate surface area is 121 Å². The number of hydrogen-bond donors (Lipinski definition) is 1. The number of hydrogen-bond acceptors (Lipinski definition) is 4. The minimum Gasteiger partial charge on any atom is -0.478 e. The number of ether oxygens (including phenoxy) is 1. The van der Waals surface area contributed by atoms with Crippen molar-refractivity contribution in [3.63, 3.8) is 0 Å². The van der Waals surface area contributed by atoms with Gasteiger partial charge in [-0.3, -0.25) is 0 Å². The zero-order chi connectivity index (χ0) is 14.7. The Kier molecular flexibility index (Phi) is 4.20. The predicted octanol–water partition coefficient (Wildman–Crippen LogP) is 3.49. The van der Waals surface area contributed by atoms with Crippen molar-refractivity contribution in [1.29, 1.82) is 0 Å². The number of nitrogens with zero attached hydrogens (tertiary/aromatic N) is 2. The number of carboxylic acid groups (broad SMARTS) is 1. The van der Waals surface area contributed by atoms with Crippen molar-refractivity contribution in [3.05, 3.63) is 46.4 Å². The minimum absolute atomic E-state index is 0.0312. The number of carboxylic acids is 1. The number of aryl methyl sites for hydroxylation is 2. The van der Waals surface area contributed by atoms with E-state index in [9.17, 15) is 4.79 Å². The van der Waals surface area contributed by atoms with Gasteiger partial charge in [-0.15, -0.1) is 0 Å².